The van der Waals surface area contributed by atoms with Crippen molar-refractivity contribution in [1.82, 2.24) is 9.78 Å². The monoisotopic (exact) mass is 361 g/mol. The lowest BCUT2D eigenvalue weighted by molar-refractivity contribution is -0.0328. The zero-order valence-corrected chi connectivity index (χ0v) is 12.8. The molecule has 0 aliphatic rings. The highest BCUT2D eigenvalue weighted by atomic mass is 35.5. The van der Waals surface area contributed by atoms with Gasteiger partial charge in [-0.25, -0.2) is 4.68 Å². The van der Waals surface area contributed by atoms with E-state index in [0.29, 0.717) is 0 Å². The highest BCUT2D eigenvalue weighted by molar-refractivity contribution is 8.00. The maximum absolute atomic E-state index is 12.4. The van der Waals surface area contributed by atoms with E-state index in [1.165, 1.54) is 10.9 Å². The summed E-state index contributed by atoms with van der Waals surface area (Å²) in [7, 11) is 0. The van der Waals surface area contributed by atoms with Gasteiger partial charge in [-0.05, 0) is 23.9 Å². The number of halogens is 5. The lowest BCUT2D eigenvalue weighted by Crippen LogP contribution is -2.01. The van der Waals surface area contributed by atoms with Crippen molar-refractivity contribution in [2.75, 3.05) is 0 Å². The minimum absolute atomic E-state index is 0.0108. The van der Waals surface area contributed by atoms with Gasteiger partial charge in [0.1, 0.15) is 11.8 Å². The molecule has 0 aliphatic heterocycles. The van der Waals surface area contributed by atoms with Crippen LogP contribution in [0.5, 0.6) is 0 Å². The Morgan fingerprint density at radius 1 is 1.27 bits per heavy atom. The molecule has 2 aromatic rings. The average molecular weight is 362 g/mol. The molecule has 0 N–H and O–H groups in total. The quantitative estimate of drug-likeness (QED) is 0.577. The molecule has 9 heteroatoms. The lowest BCUT2D eigenvalue weighted by atomic mass is 10.3. The van der Waals surface area contributed by atoms with E-state index in [0.717, 1.165) is 12.1 Å². The van der Waals surface area contributed by atoms with Gasteiger partial charge in [0.2, 0.25) is 0 Å². The predicted molar refractivity (Wildman–Crippen MR) is 78.1 cm³/mol. The molecular weight excluding hydrogens is 358 g/mol. The number of nitrogens with zero attached hydrogens (tertiary/aromatic N) is 3. The average Bonchev–Trinajstić information content (AvgIpc) is 2.78. The Hall–Kier alpha value is -1.80. The fourth-order valence-electron chi connectivity index (χ4n) is 1.63. The summed E-state index contributed by atoms with van der Waals surface area (Å²) < 4.78 is 38.3. The number of nitriles is 1. The summed E-state index contributed by atoms with van der Waals surface area (Å²) in [6.07, 6.45) is 6.59. The van der Waals surface area contributed by atoms with E-state index in [2.05, 4.69) is 11.0 Å². The molecule has 22 heavy (non-hydrogen) atoms. The van der Waals surface area contributed by atoms with E-state index >= 15 is 0 Å². The van der Waals surface area contributed by atoms with Crippen molar-refractivity contribution in [1.29, 1.82) is 5.26 Å². The van der Waals surface area contributed by atoms with Crippen LogP contribution in [0.3, 0.4) is 0 Å². The zero-order chi connectivity index (χ0) is 16.5. The van der Waals surface area contributed by atoms with Gasteiger partial charge in [-0.2, -0.15) is 23.5 Å². The number of hydrogen-bond acceptors (Lipinski definition) is 3. The topological polar surface area (TPSA) is 41.6 Å². The molecule has 1 heterocycles. The smallest absolute Gasteiger partial charge is 0.235 e. The molecule has 112 valence electrons. The number of hydrogen-bond donors (Lipinski definition) is 0. The van der Waals surface area contributed by atoms with Crippen LogP contribution >= 0.6 is 35.0 Å². The Morgan fingerprint density at radius 3 is 2.27 bits per heavy atom. The van der Waals surface area contributed by atoms with Crippen molar-refractivity contribution in [2.24, 2.45) is 0 Å². The molecule has 0 spiro atoms. The second-order valence-electron chi connectivity index (χ2n) is 3.88. The van der Waals surface area contributed by atoms with Crippen LogP contribution in [0.15, 0.2) is 23.2 Å². The van der Waals surface area contributed by atoms with Crippen LogP contribution in [0.25, 0.3) is 5.69 Å². The molecule has 0 bridgehead atoms. The Balaban J connectivity index is 2.52. The van der Waals surface area contributed by atoms with Crippen LogP contribution in [0, 0.1) is 23.7 Å². The predicted octanol–water partition coefficient (Wildman–Crippen LogP) is 4.64. The maximum atomic E-state index is 12.4. The van der Waals surface area contributed by atoms with Crippen LogP contribution in [-0.2, 0) is 0 Å². The summed E-state index contributed by atoms with van der Waals surface area (Å²) in [5, 5.41) is 12.7. The molecule has 0 radical (unpaired) electrons. The summed E-state index contributed by atoms with van der Waals surface area (Å²) in [4.78, 5) is -0.156. The Bertz CT molecular complexity index is 761. The van der Waals surface area contributed by atoms with Crippen molar-refractivity contribution in [2.45, 2.75) is 10.4 Å². The molecule has 0 aliphatic carbocycles. The van der Waals surface area contributed by atoms with Crippen LogP contribution < -0.4 is 0 Å². The second kappa shape index (κ2) is 6.13. The third-order valence-corrected chi connectivity index (χ3v) is 3.71. The first-order chi connectivity index (χ1) is 10.2. The van der Waals surface area contributed by atoms with Gasteiger partial charge in [-0.1, -0.05) is 29.1 Å². The highest BCUT2D eigenvalue weighted by Gasteiger charge is 2.30. The summed E-state index contributed by atoms with van der Waals surface area (Å²) in [6.45, 7) is 0. The minimum atomic E-state index is -4.45. The molecular formula is C13H4Cl2F3N3S. The molecule has 0 fully saturated rings. The first-order valence-corrected chi connectivity index (χ1v) is 7.04. The second-order valence-corrected chi connectivity index (χ2v) is 5.83. The molecule has 2 rings (SSSR count). The van der Waals surface area contributed by atoms with Crippen molar-refractivity contribution in [3.63, 3.8) is 0 Å². The summed E-state index contributed by atoms with van der Waals surface area (Å²) in [6, 6.07) is 4.04. The number of terminal acetylenes is 1. The number of rotatable bonds is 2. The van der Waals surface area contributed by atoms with E-state index < -0.39 is 5.51 Å². The highest BCUT2D eigenvalue weighted by Crippen LogP contribution is 2.41. The van der Waals surface area contributed by atoms with Gasteiger partial charge >= 0.3 is 5.51 Å². The minimum Gasteiger partial charge on any atom is -0.235 e. The lowest BCUT2D eigenvalue weighted by Gasteiger charge is -2.11. The van der Waals surface area contributed by atoms with Gasteiger partial charge in [-0.3, -0.25) is 0 Å². The first kappa shape index (κ1) is 16.6. The number of thioether (sulfide) groups is 1. The molecule has 0 amide bonds. The molecule has 1 aromatic carbocycles. The molecule has 0 saturated carbocycles. The standard InChI is InChI=1S/C13H4Cl2F3N3S/c1-2-7-6-21(20-11(7)5-19)12-9(14)3-8(4-10(12)15)22-13(16,17)18/h1,3-4,6H. The van der Waals surface area contributed by atoms with Gasteiger partial charge in [0, 0.05) is 11.1 Å². The Morgan fingerprint density at radius 2 is 1.86 bits per heavy atom. The number of alkyl halides is 3. The third-order valence-electron chi connectivity index (χ3n) is 2.43. The Labute approximate surface area is 137 Å². The van der Waals surface area contributed by atoms with Gasteiger partial charge in [0.25, 0.3) is 0 Å². The summed E-state index contributed by atoms with van der Waals surface area (Å²) >= 11 is 11.6. The third kappa shape index (κ3) is 3.50. The largest absolute Gasteiger partial charge is 0.446 e. The van der Waals surface area contributed by atoms with E-state index in [-0.39, 0.29) is 43.6 Å². The van der Waals surface area contributed by atoms with E-state index in [9.17, 15) is 13.2 Å². The van der Waals surface area contributed by atoms with Crippen LogP contribution in [0.2, 0.25) is 10.0 Å². The van der Waals surface area contributed by atoms with Gasteiger partial charge in [0.15, 0.2) is 5.69 Å². The van der Waals surface area contributed by atoms with Gasteiger partial charge in [-0.15, -0.1) is 6.42 Å². The fourth-order valence-corrected chi connectivity index (χ4v) is 3.04. The summed E-state index contributed by atoms with van der Waals surface area (Å²) in [5.41, 5.74) is -4.09. The van der Waals surface area contributed by atoms with Crippen molar-refractivity contribution >= 4 is 35.0 Å². The van der Waals surface area contributed by atoms with Crippen molar-refractivity contribution in [3.8, 4) is 24.1 Å². The van der Waals surface area contributed by atoms with Crippen molar-refractivity contribution < 1.29 is 13.2 Å². The maximum Gasteiger partial charge on any atom is 0.446 e. The SMILES string of the molecule is C#Cc1cn(-c2c(Cl)cc(SC(F)(F)F)cc2Cl)nc1C#N. The summed E-state index contributed by atoms with van der Waals surface area (Å²) in [5.74, 6) is 2.27. The normalized spacial score (nSPS) is 11.0. The van der Waals surface area contributed by atoms with Crippen LogP contribution in [-0.4, -0.2) is 15.3 Å². The molecule has 0 saturated heterocycles. The van der Waals surface area contributed by atoms with Gasteiger partial charge in [0.05, 0.1) is 15.6 Å². The van der Waals surface area contributed by atoms with E-state index in [4.69, 9.17) is 34.9 Å². The molecule has 0 unspecified atom stereocenters. The van der Waals surface area contributed by atoms with Gasteiger partial charge < -0.3 is 0 Å². The first-order valence-electron chi connectivity index (χ1n) is 5.46. The van der Waals surface area contributed by atoms with E-state index in [1.54, 1.807) is 6.07 Å². The molecule has 0 atom stereocenters. The van der Waals surface area contributed by atoms with Crippen LogP contribution in [0.1, 0.15) is 11.3 Å². The fraction of sp³-hybridized carbons (Fsp3) is 0.0769. The zero-order valence-electron chi connectivity index (χ0n) is 10.4. The number of benzene rings is 1. The van der Waals surface area contributed by atoms with Crippen LogP contribution in [0.4, 0.5) is 13.2 Å². The Kier molecular flexibility index (Phi) is 4.62. The van der Waals surface area contributed by atoms with Crippen molar-refractivity contribution in [3.05, 3.63) is 39.6 Å². The van der Waals surface area contributed by atoms with E-state index in [1.807, 2.05) is 0 Å². The number of aromatic nitrogens is 2. The molecule has 1 aromatic heterocycles. The molecule has 3 nitrogen and oxygen atoms in total.